The average Bonchev–Trinajstić information content (AvgIpc) is 3.49. The molecule has 10 heteroatoms. The fourth-order valence-electron chi connectivity index (χ4n) is 9.55. The third-order valence-electron chi connectivity index (χ3n) is 12.5. The van der Waals surface area contributed by atoms with E-state index in [-0.39, 0.29) is 10.8 Å². The first-order chi connectivity index (χ1) is 29.3. The van der Waals surface area contributed by atoms with Crippen molar-refractivity contribution >= 4 is 79.0 Å². The largest absolute Gasteiger partial charge is 0.309 e. The van der Waals surface area contributed by atoms with E-state index in [2.05, 4.69) is 70.4 Å². The normalized spacial score (nSPS) is 13.5. The SMILES string of the molecule is Cc1ccc2c3ccc(C)cc3n(-c3cc4c5c(c3)N(c3c(F)cc(F)cc3F)c3ccc(C(C)(C)C)cc3B5c3cc(C(C)(C)C)ccc3N4c3c(F)cc(F)cc3F)c2c1. The van der Waals surface area contributed by atoms with Crippen LogP contribution in [0.5, 0.6) is 0 Å². The molecule has 1 aromatic heterocycles. The Kier molecular flexibility index (Phi) is 8.67. The Hall–Kier alpha value is -6.42. The Morgan fingerprint density at radius 2 is 0.823 bits per heavy atom. The van der Waals surface area contributed by atoms with E-state index in [0.717, 1.165) is 44.1 Å². The number of hydrogen-bond acceptors (Lipinski definition) is 2. The van der Waals surface area contributed by atoms with Gasteiger partial charge < -0.3 is 14.4 Å². The quantitative estimate of drug-likeness (QED) is 0.130. The van der Waals surface area contributed by atoms with Crippen LogP contribution in [-0.4, -0.2) is 11.3 Å². The van der Waals surface area contributed by atoms with Crippen molar-refractivity contribution in [1.82, 2.24) is 4.57 Å². The maximum absolute atomic E-state index is 16.6. The van der Waals surface area contributed by atoms with Gasteiger partial charge in [0, 0.05) is 57.8 Å². The molecule has 2 aliphatic rings. The first kappa shape index (κ1) is 39.7. The molecule has 7 aromatic carbocycles. The lowest BCUT2D eigenvalue weighted by Crippen LogP contribution is -2.62. The Labute approximate surface area is 356 Å². The molecular formula is C52H42BF6N3. The lowest BCUT2D eigenvalue weighted by molar-refractivity contribution is 0.545. The highest BCUT2D eigenvalue weighted by molar-refractivity contribution is 7.00. The summed E-state index contributed by atoms with van der Waals surface area (Å²) in [5, 5.41) is 1.91. The van der Waals surface area contributed by atoms with Crippen LogP contribution >= 0.6 is 0 Å². The van der Waals surface area contributed by atoms with Crippen LogP contribution in [0, 0.1) is 48.8 Å². The van der Waals surface area contributed by atoms with Gasteiger partial charge in [-0.2, -0.15) is 0 Å². The summed E-state index contributed by atoms with van der Waals surface area (Å²) < 4.78 is 97.9. The van der Waals surface area contributed by atoms with Crippen molar-refractivity contribution in [2.75, 3.05) is 9.80 Å². The summed E-state index contributed by atoms with van der Waals surface area (Å²) in [5.74, 6) is -6.68. The highest BCUT2D eigenvalue weighted by Crippen LogP contribution is 2.49. The molecule has 0 unspecified atom stereocenters. The molecule has 0 saturated heterocycles. The molecule has 0 fully saturated rings. The van der Waals surface area contributed by atoms with E-state index in [4.69, 9.17) is 0 Å². The number of aryl methyl sites for hydroxylation is 2. The number of hydrogen-bond donors (Lipinski definition) is 0. The van der Waals surface area contributed by atoms with Crippen LogP contribution in [0.25, 0.3) is 27.5 Å². The van der Waals surface area contributed by atoms with E-state index in [1.54, 1.807) is 0 Å². The number of nitrogens with zero attached hydrogens (tertiary/aromatic N) is 3. The molecule has 3 nitrogen and oxygen atoms in total. The van der Waals surface area contributed by atoms with Gasteiger partial charge in [0.25, 0.3) is 6.71 Å². The minimum absolute atomic E-state index is 0.318. The van der Waals surface area contributed by atoms with E-state index in [0.29, 0.717) is 69.1 Å². The molecule has 0 radical (unpaired) electrons. The topological polar surface area (TPSA) is 11.4 Å². The Morgan fingerprint density at radius 3 is 1.19 bits per heavy atom. The number of halogens is 6. The van der Waals surface area contributed by atoms with Gasteiger partial charge in [0.2, 0.25) is 0 Å². The predicted octanol–water partition coefficient (Wildman–Crippen LogP) is 12.9. The van der Waals surface area contributed by atoms with Gasteiger partial charge in [0.05, 0.1) is 16.7 Å². The zero-order valence-corrected chi connectivity index (χ0v) is 35.6. The number of benzene rings is 7. The molecule has 62 heavy (non-hydrogen) atoms. The van der Waals surface area contributed by atoms with Gasteiger partial charge in [-0.15, -0.1) is 0 Å². The molecule has 0 saturated carbocycles. The first-order valence-corrected chi connectivity index (χ1v) is 20.7. The zero-order valence-electron chi connectivity index (χ0n) is 35.6. The Balaban J connectivity index is 1.43. The summed E-state index contributed by atoms with van der Waals surface area (Å²) in [4.78, 5) is 2.95. The van der Waals surface area contributed by atoms with E-state index in [9.17, 15) is 8.78 Å². The van der Waals surface area contributed by atoms with Gasteiger partial charge in [-0.25, -0.2) is 26.3 Å². The molecule has 0 bridgehead atoms. The fourth-order valence-corrected chi connectivity index (χ4v) is 9.55. The van der Waals surface area contributed by atoms with Gasteiger partial charge in [-0.1, -0.05) is 90.1 Å². The number of rotatable bonds is 3. The minimum atomic E-state index is -1.13. The number of fused-ring (bicyclic) bond motifs is 7. The summed E-state index contributed by atoms with van der Waals surface area (Å²) >= 11 is 0. The van der Waals surface area contributed by atoms with Crippen LogP contribution in [-0.2, 0) is 10.8 Å². The lowest BCUT2D eigenvalue weighted by atomic mass is 9.33. The summed E-state index contributed by atoms with van der Waals surface area (Å²) in [7, 11) is 0. The van der Waals surface area contributed by atoms with Crippen LogP contribution in [0.2, 0.25) is 0 Å². The summed E-state index contributed by atoms with van der Waals surface area (Å²) in [6, 6.07) is 30.2. The van der Waals surface area contributed by atoms with Crippen molar-refractivity contribution in [3.8, 4) is 5.69 Å². The summed E-state index contributed by atoms with van der Waals surface area (Å²) in [5.41, 5.74) is 7.75. The number of aromatic nitrogens is 1. The van der Waals surface area contributed by atoms with Crippen molar-refractivity contribution in [3.63, 3.8) is 0 Å². The third kappa shape index (κ3) is 5.97. The van der Waals surface area contributed by atoms with Crippen molar-refractivity contribution in [3.05, 3.63) is 166 Å². The van der Waals surface area contributed by atoms with E-state index in [1.807, 2.05) is 74.5 Å². The van der Waals surface area contributed by atoms with Gasteiger partial charge >= 0.3 is 0 Å². The highest BCUT2D eigenvalue weighted by Gasteiger charge is 2.46. The fraction of sp³-hybridized carbons (Fsp3) is 0.192. The Morgan fingerprint density at radius 1 is 0.435 bits per heavy atom. The van der Waals surface area contributed by atoms with Crippen LogP contribution in [0.4, 0.5) is 60.5 Å². The predicted molar refractivity (Wildman–Crippen MR) is 241 cm³/mol. The minimum Gasteiger partial charge on any atom is -0.309 e. The van der Waals surface area contributed by atoms with Crippen LogP contribution in [0.3, 0.4) is 0 Å². The Bertz CT molecular complexity index is 2980. The molecular weight excluding hydrogens is 791 g/mol. The average molecular weight is 834 g/mol. The molecule has 10 rings (SSSR count). The van der Waals surface area contributed by atoms with Gasteiger partial charge in [-0.05, 0) is 99.7 Å². The second-order valence-corrected chi connectivity index (χ2v) is 18.9. The molecule has 0 aliphatic carbocycles. The van der Waals surface area contributed by atoms with E-state index < -0.39 is 53.0 Å². The van der Waals surface area contributed by atoms with Gasteiger partial charge in [0.15, 0.2) is 23.3 Å². The first-order valence-electron chi connectivity index (χ1n) is 20.7. The van der Waals surface area contributed by atoms with Gasteiger partial charge in [-0.3, -0.25) is 0 Å². The van der Waals surface area contributed by atoms with E-state index >= 15 is 17.6 Å². The molecule has 2 aliphatic heterocycles. The monoisotopic (exact) mass is 833 g/mol. The van der Waals surface area contributed by atoms with Gasteiger partial charge in [0.1, 0.15) is 23.0 Å². The molecule has 0 amide bonds. The maximum atomic E-state index is 16.6. The maximum Gasteiger partial charge on any atom is 0.252 e. The third-order valence-corrected chi connectivity index (χ3v) is 12.5. The second-order valence-electron chi connectivity index (χ2n) is 18.9. The molecule has 0 N–H and O–H groups in total. The van der Waals surface area contributed by atoms with Crippen LogP contribution < -0.4 is 26.2 Å². The number of anilines is 6. The molecule has 310 valence electrons. The molecule has 3 heterocycles. The van der Waals surface area contributed by atoms with Crippen LogP contribution in [0.1, 0.15) is 63.8 Å². The van der Waals surface area contributed by atoms with Crippen molar-refractivity contribution in [2.24, 2.45) is 0 Å². The van der Waals surface area contributed by atoms with Crippen LogP contribution in [0.15, 0.2) is 109 Å². The summed E-state index contributed by atoms with van der Waals surface area (Å²) in [6.45, 7) is 15.8. The standard InChI is InChI=1S/C52H42BF6N3/c1-27-9-13-34-35-14-10-28(2)18-45(35)60(44(34)17-27)33-25-46-48-47(26-33)62(50-40(58)23-32(55)24-41(50)59)43-16-12-30(52(6,7)8)20-37(43)53(48)36-19-29(51(3,4)5)11-15-42(36)61(46)49-38(56)21-31(54)22-39(49)57/h9-26H,1-8H3. The smallest absolute Gasteiger partial charge is 0.252 e. The van der Waals surface area contributed by atoms with E-state index in [1.165, 1.54) is 9.80 Å². The zero-order chi connectivity index (χ0) is 43.9. The lowest BCUT2D eigenvalue weighted by Gasteiger charge is -2.45. The molecule has 0 spiro atoms. The molecule has 0 atom stereocenters. The molecule has 8 aromatic rings. The summed E-state index contributed by atoms with van der Waals surface area (Å²) in [6.07, 6.45) is 0. The second kappa shape index (κ2) is 13.5. The van der Waals surface area contributed by atoms with Crippen molar-refractivity contribution < 1.29 is 26.3 Å². The highest BCUT2D eigenvalue weighted by atomic mass is 19.2. The van der Waals surface area contributed by atoms with Crippen molar-refractivity contribution in [1.29, 1.82) is 0 Å². The van der Waals surface area contributed by atoms with Crippen molar-refractivity contribution in [2.45, 2.75) is 66.2 Å².